The highest BCUT2D eigenvalue weighted by atomic mass is 79.9. The lowest BCUT2D eigenvalue weighted by molar-refractivity contribution is -0.128. The molecular formula is C15H12BrNO2. The molecule has 0 aliphatic rings. The topological polar surface area (TPSA) is 39.2 Å². The van der Waals surface area contributed by atoms with E-state index in [1.54, 1.807) is 24.4 Å². The second-order valence-corrected chi connectivity index (χ2v) is 4.71. The monoisotopic (exact) mass is 317 g/mol. The van der Waals surface area contributed by atoms with Crippen molar-refractivity contribution in [2.45, 2.75) is 6.92 Å². The molecule has 0 fully saturated rings. The molecule has 0 radical (unpaired) electrons. The highest BCUT2D eigenvalue weighted by Crippen LogP contribution is 2.21. The van der Waals surface area contributed by atoms with Gasteiger partial charge >= 0.3 is 5.97 Å². The molecule has 0 amide bonds. The third-order valence-corrected chi connectivity index (χ3v) is 2.98. The summed E-state index contributed by atoms with van der Waals surface area (Å²) in [5, 5.41) is 0. The van der Waals surface area contributed by atoms with Gasteiger partial charge in [-0.25, -0.2) is 9.78 Å². The van der Waals surface area contributed by atoms with Gasteiger partial charge in [0, 0.05) is 12.3 Å². The van der Waals surface area contributed by atoms with Crippen molar-refractivity contribution in [3.63, 3.8) is 0 Å². The minimum absolute atomic E-state index is 0.404. The summed E-state index contributed by atoms with van der Waals surface area (Å²) in [5.74, 6) is -0.0309. The second-order valence-electron chi connectivity index (χ2n) is 3.96. The van der Waals surface area contributed by atoms with Gasteiger partial charge in [0.2, 0.25) is 0 Å². The predicted octanol–water partition coefficient (Wildman–Crippen LogP) is 3.77. The lowest BCUT2D eigenvalue weighted by atomic mass is 10.1. The molecule has 1 aromatic heterocycles. The molecule has 0 aliphatic heterocycles. The predicted molar refractivity (Wildman–Crippen MR) is 77.8 cm³/mol. The smallest absolute Gasteiger partial charge is 0.336 e. The van der Waals surface area contributed by atoms with Crippen LogP contribution in [0.4, 0.5) is 0 Å². The van der Waals surface area contributed by atoms with Gasteiger partial charge in [0.25, 0.3) is 0 Å². The van der Waals surface area contributed by atoms with Crippen LogP contribution in [0, 0.1) is 6.92 Å². The number of carbonyl (C=O) groups is 1. The van der Waals surface area contributed by atoms with E-state index in [9.17, 15) is 4.79 Å². The van der Waals surface area contributed by atoms with Gasteiger partial charge in [-0.15, -0.1) is 0 Å². The van der Waals surface area contributed by atoms with Gasteiger partial charge in [-0.3, -0.25) is 0 Å². The van der Waals surface area contributed by atoms with Crippen LogP contribution in [0.3, 0.4) is 0 Å². The van der Waals surface area contributed by atoms with Gasteiger partial charge in [0.05, 0.1) is 0 Å². The van der Waals surface area contributed by atoms with E-state index < -0.39 is 5.97 Å². The Labute approximate surface area is 120 Å². The molecular weight excluding hydrogens is 306 g/mol. The first kappa shape index (κ1) is 13.5. The standard InChI is InChI=1S/C15H12BrNO2/c1-11-4-2-5-12(10-11)7-8-14(18)19-13-6-3-9-17-15(13)16/h2-10H,1H3. The zero-order valence-electron chi connectivity index (χ0n) is 10.3. The van der Waals surface area contributed by atoms with E-state index in [4.69, 9.17) is 4.74 Å². The molecule has 0 aliphatic carbocycles. The number of pyridine rings is 1. The normalized spacial score (nSPS) is 10.6. The van der Waals surface area contributed by atoms with Gasteiger partial charge < -0.3 is 4.74 Å². The molecule has 19 heavy (non-hydrogen) atoms. The minimum atomic E-state index is -0.435. The first-order valence-electron chi connectivity index (χ1n) is 5.72. The zero-order chi connectivity index (χ0) is 13.7. The Hall–Kier alpha value is -1.94. The fourth-order valence-corrected chi connectivity index (χ4v) is 1.86. The summed E-state index contributed by atoms with van der Waals surface area (Å²) in [6.07, 6.45) is 4.73. The number of halogens is 1. The average Bonchev–Trinajstić information content (AvgIpc) is 2.39. The Morgan fingerprint density at radius 3 is 2.89 bits per heavy atom. The van der Waals surface area contributed by atoms with Crippen molar-refractivity contribution in [2.24, 2.45) is 0 Å². The fraction of sp³-hybridized carbons (Fsp3) is 0.0667. The van der Waals surface area contributed by atoms with Crippen molar-refractivity contribution < 1.29 is 9.53 Å². The van der Waals surface area contributed by atoms with Crippen LogP contribution >= 0.6 is 15.9 Å². The van der Waals surface area contributed by atoms with Crippen LogP contribution in [0.1, 0.15) is 11.1 Å². The second kappa shape index (κ2) is 6.29. The maximum atomic E-state index is 11.7. The Balaban J connectivity index is 2.04. The molecule has 0 spiro atoms. The third kappa shape index (κ3) is 4.03. The minimum Gasteiger partial charge on any atom is -0.420 e. The Morgan fingerprint density at radius 1 is 1.32 bits per heavy atom. The number of benzene rings is 1. The lowest BCUT2D eigenvalue weighted by Crippen LogP contribution is -2.04. The van der Waals surface area contributed by atoms with Crippen LogP contribution in [0.25, 0.3) is 6.08 Å². The maximum Gasteiger partial charge on any atom is 0.336 e. The van der Waals surface area contributed by atoms with Crippen LogP contribution in [0.5, 0.6) is 5.75 Å². The van der Waals surface area contributed by atoms with Gasteiger partial charge in [-0.2, -0.15) is 0 Å². The van der Waals surface area contributed by atoms with Crippen LogP contribution < -0.4 is 4.74 Å². The van der Waals surface area contributed by atoms with Crippen LogP contribution in [-0.2, 0) is 4.79 Å². The van der Waals surface area contributed by atoms with E-state index in [0.717, 1.165) is 11.1 Å². The Morgan fingerprint density at radius 2 is 2.16 bits per heavy atom. The van der Waals surface area contributed by atoms with Crippen molar-refractivity contribution in [3.05, 3.63) is 64.4 Å². The molecule has 1 heterocycles. The van der Waals surface area contributed by atoms with E-state index in [1.165, 1.54) is 6.08 Å². The Bertz CT molecular complexity index is 623. The molecule has 0 saturated heterocycles. The Kier molecular flexibility index (Phi) is 4.47. The van der Waals surface area contributed by atoms with Gasteiger partial charge in [-0.1, -0.05) is 29.8 Å². The summed E-state index contributed by atoms with van der Waals surface area (Å²) >= 11 is 3.22. The lowest BCUT2D eigenvalue weighted by Gasteiger charge is -2.02. The zero-order valence-corrected chi connectivity index (χ0v) is 11.9. The number of hydrogen-bond acceptors (Lipinski definition) is 3. The third-order valence-electron chi connectivity index (χ3n) is 2.39. The first-order chi connectivity index (χ1) is 9.15. The van der Waals surface area contributed by atoms with Crippen LogP contribution in [-0.4, -0.2) is 11.0 Å². The number of aromatic nitrogens is 1. The first-order valence-corrected chi connectivity index (χ1v) is 6.51. The molecule has 96 valence electrons. The summed E-state index contributed by atoms with van der Waals surface area (Å²) in [7, 11) is 0. The number of ether oxygens (including phenoxy) is 1. The SMILES string of the molecule is Cc1cccc(C=CC(=O)Oc2cccnc2Br)c1. The molecule has 0 saturated carbocycles. The highest BCUT2D eigenvalue weighted by Gasteiger charge is 2.04. The number of aryl methyl sites for hydroxylation is 1. The quantitative estimate of drug-likeness (QED) is 0.491. The molecule has 1 aromatic carbocycles. The number of rotatable bonds is 3. The molecule has 4 heteroatoms. The number of esters is 1. The molecule has 0 atom stereocenters. The van der Waals surface area contributed by atoms with E-state index in [-0.39, 0.29) is 0 Å². The van der Waals surface area contributed by atoms with Crippen LogP contribution in [0.2, 0.25) is 0 Å². The fourth-order valence-electron chi connectivity index (χ4n) is 1.53. The van der Waals surface area contributed by atoms with Crippen LogP contribution in [0.15, 0.2) is 53.3 Å². The van der Waals surface area contributed by atoms with Crippen molar-refractivity contribution in [1.29, 1.82) is 0 Å². The summed E-state index contributed by atoms with van der Waals surface area (Å²) in [5.41, 5.74) is 2.10. The van der Waals surface area contributed by atoms with Crippen molar-refractivity contribution in [3.8, 4) is 5.75 Å². The molecule has 0 N–H and O–H groups in total. The molecule has 0 unspecified atom stereocenters. The number of hydrogen-bond donors (Lipinski definition) is 0. The van der Waals surface area contributed by atoms with Crippen molar-refractivity contribution in [2.75, 3.05) is 0 Å². The number of nitrogens with zero attached hydrogens (tertiary/aromatic N) is 1. The molecule has 2 aromatic rings. The van der Waals surface area contributed by atoms with E-state index in [1.807, 2.05) is 31.2 Å². The average molecular weight is 318 g/mol. The van der Waals surface area contributed by atoms with Gasteiger partial charge in [-0.05, 0) is 46.6 Å². The molecule has 0 bridgehead atoms. The molecule has 3 nitrogen and oxygen atoms in total. The van der Waals surface area contributed by atoms with Crippen molar-refractivity contribution >= 4 is 28.0 Å². The summed E-state index contributed by atoms with van der Waals surface area (Å²) in [6, 6.07) is 11.2. The van der Waals surface area contributed by atoms with E-state index >= 15 is 0 Å². The maximum absolute atomic E-state index is 11.7. The summed E-state index contributed by atoms with van der Waals surface area (Å²) in [4.78, 5) is 15.6. The van der Waals surface area contributed by atoms with E-state index in [0.29, 0.717) is 10.4 Å². The summed E-state index contributed by atoms with van der Waals surface area (Å²) < 4.78 is 5.67. The number of carbonyl (C=O) groups excluding carboxylic acids is 1. The largest absolute Gasteiger partial charge is 0.420 e. The van der Waals surface area contributed by atoms with E-state index in [2.05, 4.69) is 20.9 Å². The highest BCUT2D eigenvalue weighted by molar-refractivity contribution is 9.10. The van der Waals surface area contributed by atoms with Gasteiger partial charge in [0.1, 0.15) is 4.60 Å². The van der Waals surface area contributed by atoms with Crippen molar-refractivity contribution in [1.82, 2.24) is 4.98 Å². The summed E-state index contributed by atoms with van der Waals surface area (Å²) in [6.45, 7) is 2.00. The van der Waals surface area contributed by atoms with Gasteiger partial charge in [0.15, 0.2) is 5.75 Å². The molecule has 2 rings (SSSR count).